The number of aliphatic imine (C=N–C) groups is 1. The van der Waals surface area contributed by atoms with Crippen molar-refractivity contribution < 1.29 is 9.47 Å². The van der Waals surface area contributed by atoms with Gasteiger partial charge in [0.05, 0.1) is 19.7 Å². The van der Waals surface area contributed by atoms with Crippen molar-refractivity contribution in [1.29, 1.82) is 0 Å². The van der Waals surface area contributed by atoms with Gasteiger partial charge in [0.2, 0.25) is 0 Å². The van der Waals surface area contributed by atoms with Crippen LogP contribution in [0.25, 0.3) is 10.9 Å². The summed E-state index contributed by atoms with van der Waals surface area (Å²) in [7, 11) is 3.35. The zero-order valence-electron chi connectivity index (χ0n) is 16.9. The standard InChI is InChI=1S/C21H30N4O2.HI/c1-4-22-21(25-15-8-5-6-9-15)23-11-7-10-16-12-18-19(24-16)13-17(26-2)14-20(18)27-3;/h5-6,12-15,24H,4,7-11H2,1-3H3,(H2,22,23,25);1H. The number of fused-ring (bicyclic) bond motifs is 1. The van der Waals surface area contributed by atoms with Crippen molar-refractivity contribution in [2.75, 3.05) is 27.3 Å². The van der Waals surface area contributed by atoms with E-state index in [1.54, 1.807) is 14.2 Å². The molecule has 2 aromatic rings. The Morgan fingerprint density at radius 3 is 2.64 bits per heavy atom. The third-order valence-corrected chi connectivity index (χ3v) is 4.75. The largest absolute Gasteiger partial charge is 0.497 e. The summed E-state index contributed by atoms with van der Waals surface area (Å²) in [6, 6.07) is 6.54. The second kappa shape index (κ2) is 11.2. The van der Waals surface area contributed by atoms with E-state index in [1.165, 1.54) is 5.69 Å². The summed E-state index contributed by atoms with van der Waals surface area (Å²) in [4.78, 5) is 8.18. The number of nitrogens with zero attached hydrogens (tertiary/aromatic N) is 1. The lowest BCUT2D eigenvalue weighted by molar-refractivity contribution is 0.398. The van der Waals surface area contributed by atoms with Gasteiger partial charge < -0.3 is 25.1 Å². The lowest BCUT2D eigenvalue weighted by Crippen LogP contribution is -2.42. The first kappa shape index (κ1) is 22.4. The molecule has 3 rings (SSSR count). The molecule has 0 unspecified atom stereocenters. The zero-order chi connectivity index (χ0) is 19.1. The number of rotatable bonds is 8. The maximum Gasteiger partial charge on any atom is 0.191 e. The highest BCUT2D eigenvalue weighted by Crippen LogP contribution is 2.31. The number of hydrogen-bond acceptors (Lipinski definition) is 3. The first-order chi connectivity index (χ1) is 13.2. The Labute approximate surface area is 184 Å². The molecule has 1 aromatic heterocycles. The van der Waals surface area contributed by atoms with Gasteiger partial charge in [-0.25, -0.2) is 0 Å². The number of methoxy groups -OCH3 is 2. The Hall–Kier alpha value is -1.90. The van der Waals surface area contributed by atoms with E-state index >= 15 is 0 Å². The van der Waals surface area contributed by atoms with Gasteiger partial charge in [0.15, 0.2) is 5.96 Å². The van der Waals surface area contributed by atoms with Gasteiger partial charge in [-0.05, 0) is 38.7 Å². The number of benzene rings is 1. The lowest BCUT2D eigenvalue weighted by atomic mass is 10.2. The SMILES string of the molecule is CCNC(=NCCCc1cc2c(OC)cc(OC)cc2[nH]1)NC1CC=CC1.I. The summed E-state index contributed by atoms with van der Waals surface area (Å²) < 4.78 is 10.8. The topological polar surface area (TPSA) is 70.7 Å². The second-order valence-electron chi connectivity index (χ2n) is 6.73. The third kappa shape index (κ3) is 5.80. The predicted octanol–water partition coefficient (Wildman–Crippen LogP) is 4.01. The van der Waals surface area contributed by atoms with Crippen molar-refractivity contribution in [2.24, 2.45) is 4.99 Å². The van der Waals surface area contributed by atoms with Crippen LogP contribution in [-0.4, -0.2) is 44.3 Å². The highest BCUT2D eigenvalue weighted by molar-refractivity contribution is 14.0. The lowest BCUT2D eigenvalue weighted by Gasteiger charge is -2.16. The Morgan fingerprint density at radius 1 is 1.18 bits per heavy atom. The van der Waals surface area contributed by atoms with Crippen LogP contribution in [-0.2, 0) is 6.42 Å². The molecular formula is C21H31IN4O2. The van der Waals surface area contributed by atoms with Crippen molar-refractivity contribution in [3.63, 3.8) is 0 Å². The molecule has 154 valence electrons. The van der Waals surface area contributed by atoms with Gasteiger partial charge in [0.1, 0.15) is 11.5 Å². The quantitative estimate of drug-likeness (QED) is 0.169. The van der Waals surface area contributed by atoms with Gasteiger partial charge in [0, 0.05) is 42.3 Å². The van der Waals surface area contributed by atoms with Crippen LogP contribution in [0.5, 0.6) is 11.5 Å². The molecule has 0 spiro atoms. The van der Waals surface area contributed by atoms with Gasteiger partial charge in [-0.3, -0.25) is 4.99 Å². The smallest absolute Gasteiger partial charge is 0.191 e. The summed E-state index contributed by atoms with van der Waals surface area (Å²) in [6.07, 6.45) is 8.51. The molecule has 1 aromatic carbocycles. The van der Waals surface area contributed by atoms with E-state index < -0.39 is 0 Å². The van der Waals surface area contributed by atoms with Gasteiger partial charge >= 0.3 is 0 Å². The van der Waals surface area contributed by atoms with Crippen LogP contribution in [0.3, 0.4) is 0 Å². The van der Waals surface area contributed by atoms with E-state index in [0.29, 0.717) is 6.04 Å². The first-order valence-electron chi connectivity index (χ1n) is 9.67. The van der Waals surface area contributed by atoms with Crippen molar-refractivity contribution in [3.8, 4) is 11.5 Å². The van der Waals surface area contributed by atoms with Gasteiger partial charge in [0.25, 0.3) is 0 Å². The molecule has 1 aliphatic rings. The zero-order valence-corrected chi connectivity index (χ0v) is 19.2. The Balaban J connectivity index is 0.00000280. The molecule has 3 N–H and O–H groups in total. The summed E-state index contributed by atoms with van der Waals surface area (Å²) in [5.74, 6) is 2.53. The van der Waals surface area contributed by atoms with Crippen LogP contribution in [0.4, 0.5) is 0 Å². The van der Waals surface area contributed by atoms with Gasteiger partial charge in [-0.1, -0.05) is 12.2 Å². The van der Waals surface area contributed by atoms with E-state index in [4.69, 9.17) is 14.5 Å². The molecule has 28 heavy (non-hydrogen) atoms. The highest BCUT2D eigenvalue weighted by atomic mass is 127. The molecule has 6 nitrogen and oxygen atoms in total. The van der Waals surface area contributed by atoms with E-state index in [-0.39, 0.29) is 24.0 Å². The summed E-state index contributed by atoms with van der Waals surface area (Å²) in [6.45, 7) is 3.75. The number of aromatic amines is 1. The minimum Gasteiger partial charge on any atom is -0.497 e. The maximum atomic E-state index is 5.49. The molecule has 0 radical (unpaired) electrons. The van der Waals surface area contributed by atoms with E-state index in [2.05, 4.69) is 40.8 Å². The van der Waals surface area contributed by atoms with Crippen LogP contribution in [0.2, 0.25) is 0 Å². The fourth-order valence-electron chi connectivity index (χ4n) is 3.37. The molecule has 0 aliphatic heterocycles. The van der Waals surface area contributed by atoms with Crippen LogP contribution in [0.1, 0.15) is 31.9 Å². The van der Waals surface area contributed by atoms with E-state index in [0.717, 1.165) is 67.1 Å². The summed E-state index contributed by atoms with van der Waals surface area (Å²) in [5, 5.41) is 7.92. The highest BCUT2D eigenvalue weighted by Gasteiger charge is 2.12. The Morgan fingerprint density at radius 2 is 1.96 bits per heavy atom. The molecule has 0 fully saturated rings. The molecule has 0 bridgehead atoms. The van der Waals surface area contributed by atoms with Crippen LogP contribution < -0.4 is 20.1 Å². The van der Waals surface area contributed by atoms with Crippen LogP contribution in [0, 0.1) is 0 Å². The van der Waals surface area contributed by atoms with Crippen LogP contribution in [0.15, 0.2) is 35.3 Å². The monoisotopic (exact) mass is 498 g/mol. The van der Waals surface area contributed by atoms with Crippen molar-refractivity contribution in [1.82, 2.24) is 15.6 Å². The van der Waals surface area contributed by atoms with E-state index in [9.17, 15) is 0 Å². The minimum atomic E-state index is 0. The number of nitrogens with one attached hydrogen (secondary N) is 3. The number of guanidine groups is 1. The molecular weight excluding hydrogens is 467 g/mol. The van der Waals surface area contributed by atoms with Gasteiger partial charge in [-0.15, -0.1) is 24.0 Å². The summed E-state index contributed by atoms with van der Waals surface area (Å²) >= 11 is 0. The third-order valence-electron chi connectivity index (χ3n) is 4.75. The maximum absolute atomic E-state index is 5.49. The number of hydrogen-bond donors (Lipinski definition) is 3. The fourth-order valence-corrected chi connectivity index (χ4v) is 3.37. The fraction of sp³-hybridized carbons (Fsp3) is 0.476. The summed E-state index contributed by atoms with van der Waals surface area (Å²) in [5.41, 5.74) is 2.22. The average molecular weight is 498 g/mol. The Bertz CT molecular complexity index is 808. The van der Waals surface area contributed by atoms with Gasteiger partial charge in [-0.2, -0.15) is 0 Å². The molecule has 0 atom stereocenters. The predicted molar refractivity (Wildman–Crippen MR) is 126 cm³/mol. The number of aromatic nitrogens is 1. The Kier molecular flexibility index (Phi) is 8.95. The van der Waals surface area contributed by atoms with E-state index in [1.807, 2.05) is 12.1 Å². The number of ether oxygens (including phenoxy) is 2. The minimum absolute atomic E-state index is 0. The number of H-pyrrole nitrogens is 1. The molecule has 7 heteroatoms. The number of halogens is 1. The molecule has 0 saturated heterocycles. The van der Waals surface area contributed by atoms with Crippen LogP contribution >= 0.6 is 24.0 Å². The molecule has 1 heterocycles. The second-order valence-corrected chi connectivity index (χ2v) is 6.73. The van der Waals surface area contributed by atoms with Crippen molar-refractivity contribution in [2.45, 2.75) is 38.6 Å². The average Bonchev–Trinajstić information content (AvgIpc) is 3.33. The normalized spacial score (nSPS) is 14.2. The van der Waals surface area contributed by atoms with Crippen molar-refractivity contribution in [3.05, 3.63) is 36.0 Å². The molecule has 0 amide bonds. The molecule has 0 saturated carbocycles. The number of aryl methyl sites for hydroxylation is 1. The first-order valence-corrected chi connectivity index (χ1v) is 9.67. The molecule has 1 aliphatic carbocycles. The van der Waals surface area contributed by atoms with Crippen molar-refractivity contribution >= 4 is 40.8 Å².